The average Bonchev–Trinajstić information content (AvgIpc) is 3.45. The molecule has 0 aromatic heterocycles. The molecule has 2 atom stereocenters. The molecular formula is C73H141NO5. The molecule has 0 aromatic rings. The molecule has 79 heavy (non-hydrogen) atoms. The highest BCUT2D eigenvalue weighted by atomic mass is 16.5. The molecule has 0 rings (SSSR count). The lowest BCUT2D eigenvalue weighted by Crippen LogP contribution is -2.45. The highest BCUT2D eigenvalue weighted by molar-refractivity contribution is 5.76. The number of hydrogen-bond donors (Lipinski definition) is 3. The van der Waals surface area contributed by atoms with Gasteiger partial charge in [-0.3, -0.25) is 9.59 Å². The van der Waals surface area contributed by atoms with E-state index >= 15 is 0 Å². The van der Waals surface area contributed by atoms with Crippen molar-refractivity contribution in [3.63, 3.8) is 0 Å². The van der Waals surface area contributed by atoms with Gasteiger partial charge in [0.15, 0.2) is 0 Å². The molecule has 0 aliphatic carbocycles. The average molecular weight is 1110 g/mol. The van der Waals surface area contributed by atoms with Crippen molar-refractivity contribution < 1.29 is 24.5 Å². The van der Waals surface area contributed by atoms with Crippen LogP contribution in [0.2, 0.25) is 0 Å². The number of aliphatic hydroxyl groups excluding tert-OH is 2. The van der Waals surface area contributed by atoms with Crippen LogP contribution >= 0.6 is 0 Å². The van der Waals surface area contributed by atoms with Crippen LogP contribution in [0.4, 0.5) is 0 Å². The molecule has 0 spiro atoms. The van der Waals surface area contributed by atoms with Gasteiger partial charge in [0, 0.05) is 12.8 Å². The molecule has 1 amide bonds. The third kappa shape index (κ3) is 65.4. The molecule has 6 nitrogen and oxygen atoms in total. The number of rotatable bonds is 68. The van der Waals surface area contributed by atoms with Gasteiger partial charge in [-0.25, -0.2) is 0 Å². The Hall–Kier alpha value is -1.66. The maximum absolute atomic E-state index is 12.5. The van der Waals surface area contributed by atoms with E-state index in [2.05, 4.69) is 31.3 Å². The highest BCUT2D eigenvalue weighted by Crippen LogP contribution is 2.19. The monoisotopic (exact) mass is 1110 g/mol. The number of unbranched alkanes of at least 4 members (excludes halogenated alkanes) is 55. The second-order valence-corrected chi connectivity index (χ2v) is 24.9. The van der Waals surface area contributed by atoms with Crippen molar-refractivity contribution in [1.82, 2.24) is 5.32 Å². The Balaban J connectivity index is 3.38. The van der Waals surface area contributed by atoms with Gasteiger partial charge in [0.25, 0.3) is 0 Å². The van der Waals surface area contributed by atoms with Crippen molar-refractivity contribution in [2.24, 2.45) is 0 Å². The van der Waals surface area contributed by atoms with E-state index in [1.165, 1.54) is 340 Å². The fourth-order valence-corrected chi connectivity index (χ4v) is 11.5. The van der Waals surface area contributed by atoms with Crippen LogP contribution in [0.3, 0.4) is 0 Å². The Labute approximate surface area is 494 Å². The van der Waals surface area contributed by atoms with Crippen molar-refractivity contribution in [3.05, 3.63) is 24.3 Å². The number of carbonyl (C=O) groups is 2. The maximum Gasteiger partial charge on any atom is 0.305 e. The summed E-state index contributed by atoms with van der Waals surface area (Å²) >= 11 is 0. The predicted octanol–water partition coefficient (Wildman–Crippen LogP) is 23.3. The Bertz CT molecular complexity index is 1230. The van der Waals surface area contributed by atoms with Crippen molar-refractivity contribution in [3.8, 4) is 0 Å². The quantitative estimate of drug-likeness (QED) is 0.0320. The Morgan fingerprint density at radius 2 is 0.595 bits per heavy atom. The van der Waals surface area contributed by atoms with Gasteiger partial charge in [-0.2, -0.15) is 0 Å². The van der Waals surface area contributed by atoms with E-state index in [4.69, 9.17) is 4.74 Å². The minimum Gasteiger partial charge on any atom is -0.466 e. The zero-order valence-electron chi connectivity index (χ0n) is 53.6. The molecule has 0 aliphatic heterocycles. The molecule has 2 unspecified atom stereocenters. The molecule has 0 radical (unpaired) electrons. The van der Waals surface area contributed by atoms with Crippen LogP contribution in [-0.2, 0) is 14.3 Å². The van der Waals surface area contributed by atoms with E-state index in [0.717, 1.165) is 38.5 Å². The number of amides is 1. The lowest BCUT2D eigenvalue weighted by atomic mass is 10.0. The van der Waals surface area contributed by atoms with E-state index < -0.39 is 12.1 Å². The molecule has 0 fully saturated rings. The number of nitrogens with one attached hydrogen (secondary N) is 1. The van der Waals surface area contributed by atoms with Gasteiger partial charge in [-0.1, -0.05) is 359 Å². The molecule has 3 N–H and O–H groups in total. The minimum atomic E-state index is -0.846. The van der Waals surface area contributed by atoms with Crippen molar-refractivity contribution >= 4 is 11.9 Å². The first kappa shape index (κ1) is 77.3. The number of hydrogen-bond acceptors (Lipinski definition) is 5. The smallest absolute Gasteiger partial charge is 0.305 e. The summed E-state index contributed by atoms with van der Waals surface area (Å²) in [5, 5.41) is 23.2. The summed E-state index contributed by atoms with van der Waals surface area (Å²) in [5.74, 6) is -0.0471. The summed E-state index contributed by atoms with van der Waals surface area (Å²) < 4.78 is 5.51. The second kappa shape index (κ2) is 68.8. The number of carbonyl (C=O) groups excluding carboxylic acids is 2. The van der Waals surface area contributed by atoms with Gasteiger partial charge in [0.05, 0.1) is 25.4 Å². The summed E-state index contributed by atoms with van der Waals surface area (Å²) in [6, 6.07) is -0.629. The lowest BCUT2D eigenvalue weighted by Gasteiger charge is -2.20. The summed E-state index contributed by atoms with van der Waals surface area (Å²) in [5.41, 5.74) is 0. The normalized spacial score (nSPS) is 12.6. The van der Waals surface area contributed by atoms with Crippen LogP contribution in [-0.4, -0.2) is 47.4 Å². The molecule has 0 heterocycles. The topological polar surface area (TPSA) is 95.9 Å². The Morgan fingerprint density at radius 1 is 0.342 bits per heavy atom. The largest absolute Gasteiger partial charge is 0.466 e. The van der Waals surface area contributed by atoms with E-state index in [1.54, 1.807) is 6.08 Å². The summed E-state index contributed by atoms with van der Waals surface area (Å²) in [6.45, 7) is 4.95. The van der Waals surface area contributed by atoms with Crippen molar-refractivity contribution in [2.75, 3.05) is 13.2 Å². The molecule has 6 heteroatoms. The van der Waals surface area contributed by atoms with Crippen molar-refractivity contribution in [2.45, 2.75) is 418 Å². The van der Waals surface area contributed by atoms with Crippen LogP contribution in [0.5, 0.6) is 0 Å². The molecule has 0 bridgehead atoms. The maximum atomic E-state index is 12.5. The third-order valence-corrected chi connectivity index (χ3v) is 17.0. The first-order chi connectivity index (χ1) is 39.0. The molecule has 468 valence electrons. The molecule has 0 aromatic carbocycles. The summed E-state index contributed by atoms with van der Waals surface area (Å²) in [4.78, 5) is 24.6. The zero-order chi connectivity index (χ0) is 57.1. The number of ether oxygens (including phenoxy) is 1. The first-order valence-electron chi connectivity index (χ1n) is 36.1. The lowest BCUT2D eigenvalue weighted by molar-refractivity contribution is -0.143. The standard InChI is InChI=1S/C73H141NO5/c1-3-5-7-9-11-13-15-17-19-21-30-35-39-43-47-51-55-59-63-67-73(78)79-68-64-60-56-52-48-44-40-36-32-29-27-25-23-22-24-26-28-31-34-38-42-46-50-54-58-62-66-72(77)74-70(69-75)71(76)65-61-57-53-49-45-41-37-33-20-18-16-14-12-10-8-6-4-2/h22,24,61,65,70-71,75-76H,3-21,23,25-60,62-64,66-69H2,1-2H3,(H,74,77)/b24-22-,65-61+. The van der Waals surface area contributed by atoms with Gasteiger partial charge >= 0.3 is 5.97 Å². The minimum absolute atomic E-state index is 0.0195. The first-order valence-corrected chi connectivity index (χ1v) is 36.1. The fraction of sp³-hybridized carbons (Fsp3) is 0.918. The van der Waals surface area contributed by atoms with E-state index in [9.17, 15) is 19.8 Å². The molecule has 0 aliphatic rings. The van der Waals surface area contributed by atoms with Gasteiger partial charge in [0.1, 0.15) is 0 Å². The highest BCUT2D eigenvalue weighted by Gasteiger charge is 2.18. The predicted molar refractivity (Wildman–Crippen MR) is 347 cm³/mol. The fourth-order valence-electron chi connectivity index (χ4n) is 11.5. The number of aliphatic hydroxyl groups is 2. The second-order valence-electron chi connectivity index (χ2n) is 24.9. The Morgan fingerprint density at radius 3 is 0.899 bits per heavy atom. The van der Waals surface area contributed by atoms with Gasteiger partial charge in [0.2, 0.25) is 5.91 Å². The zero-order valence-corrected chi connectivity index (χ0v) is 53.6. The third-order valence-electron chi connectivity index (χ3n) is 17.0. The molecule has 0 saturated heterocycles. The molecular weight excluding hydrogens is 971 g/mol. The summed E-state index contributed by atoms with van der Waals surface area (Å²) in [6.07, 6.45) is 86.9. The van der Waals surface area contributed by atoms with Gasteiger partial charge in [-0.05, 0) is 57.8 Å². The summed E-state index contributed by atoms with van der Waals surface area (Å²) in [7, 11) is 0. The SMILES string of the molecule is CCCCCCCCCCCCCCCCC/C=C/C(O)C(CO)NC(=O)CCCCCCCCCCCC/C=C\CCCCCCCCCCCCCCOC(=O)CCCCCCCCCCCCCCCCCCCCC. The molecule has 0 saturated carbocycles. The van der Waals surface area contributed by atoms with Crippen LogP contribution in [0.25, 0.3) is 0 Å². The van der Waals surface area contributed by atoms with Crippen LogP contribution in [0.1, 0.15) is 406 Å². The van der Waals surface area contributed by atoms with Crippen LogP contribution < -0.4 is 5.32 Å². The van der Waals surface area contributed by atoms with Crippen LogP contribution in [0, 0.1) is 0 Å². The van der Waals surface area contributed by atoms with E-state index in [1.807, 2.05) is 6.08 Å². The number of allylic oxidation sites excluding steroid dienone is 3. The van der Waals surface area contributed by atoms with E-state index in [-0.39, 0.29) is 18.5 Å². The van der Waals surface area contributed by atoms with Gasteiger partial charge < -0.3 is 20.3 Å². The van der Waals surface area contributed by atoms with Crippen LogP contribution in [0.15, 0.2) is 24.3 Å². The Kier molecular flexibility index (Phi) is 67.4. The van der Waals surface area contributed by atoms with E-state index in [0.29, 0.717) is 19.4 Å². The number of esters is 1. The van der Waals surface area contributed by atoms with Crippen molar-refractivity contribution in [1.29, 1.82) is 0 Å². The van der Waals surface area contributed by atoms with Gasteiger partial charge in [-0.15, -0.1) is 0 Å².